The van der Waals surface area contributed by atoms with E-state index in [0.717, 1.165) is 4.47 Å². The van der Waals surface area contributed by atoms with Gasteiger partial charge in [0.1, 0.15) is 11.1 Å². The molecule has 0 unspecified atom stereocenters. The van der Waals surface area contributed by atoms with Crippen LogP contribution in [0, 0.1) is 0 Å². The minimum atomic E-state index is -0.632. The molecule has 1 heterocycles. The van der Waals surface area contributed by atoms with Crippen LogP contribution in [0.1, 0.15) is 23.7 Å². The number of hydrogen-bond donors (Lipinski definition) is 1. The molecule has 1 N–H and O–H groups in total. The Bertz CT molecular complexity index is 696. The topological polar surface area (TPSA) is 68.5 Å². The smallest absolute Gasteiger partial charge is 0.349 e. The zero-order chi connectivity index (χ0) is 15.2. The van der Waals surface area contributed by atoms with Crippen LogP contribution in [-0.2, 0) is 4.74 Å². The summed E-state index contributed by atoms with van der Waals surface area (Å²) in [5.74, 6) is -0.429. The lowest BCUT2D eigenvalue weighted by molar-refractivity contribution is 0.0941. The standard InChI is InChI=1S/C15H16BrNO4/c1-2-20-7-3-6-17-14(18)12-9-10-8-11(16)4-5-13(10)21-15(12)19/h4-5,8-9H,2-3,6-7H2,1H3,(H,17,18). The minimum Gasteiger partial charge on any atom is -0.422 e. The van der Waals surface area contributed by atoms with E-state index in [1.165, 1.54) is 0 Å². The largest absolute Gasteiger partial charge is 0.422 e. The Morgan fingerprint density at radius 2 is 2.19 bits per heavy atom. The van der Waals surface area contributed by atoms with Gasteiger partial charge >= 0.3 is 5.63 Å². The van der Waals surface area contributed by atoms with Gasteiger partial charge in [0.2, 0.25) is 0 Å². The van der Waals surface area contributed by atoms with Gasteiger partial charge in [0, 0.05) is 29.6 Å². The van der Waals surface area contributed by atoms with E-state index in [4.69, 9.17) is 9.15 Å². The number of hydrogen-bond acceptors (Lipinski definition) is 4. The average Bonchev–Trinajstić information content (AvgIpc) is 2.46. The number of rotatable bonds is 6. The Balaban J connectivity index is 2.11. The molecule has 0 saturated heterocycles. The molecule has 6 heteroatoms. The predicted octanol–water partition coefficient (Wildman–Crippen LogP) is 2.71. The van der Waals surface area contributed by atoms with E-state index in [9.17, 15) is 9.59 Å². The van der Waals surface area contributed by atoms with Gasteiger partial charge in [-0.1, -0.05) is 15.9 Å². The molecule has 0 saturated carbocycles. The first-order valence-electron chi connectivity index (χ1n) is 6.71. The van der Waals surface area contributed by atoms with Gasteiger partial charge in [0.25, 0.3) is 5.91 Å². The van der Waals surface area contributed by atoms with E-state index in [2.05, 4.69) is 21.2 Å². The Morgan fingerprint density at radius 3 is 2.95 bits per heavy atom. The highest BCUT2D eigenvalue weighted by molar-refractivity contribution is 9.10. The van der Waals surface area contributed by atoms with Crippen molar-refractivity contribution in [1.29, 1.82) is 0 Å². The van der Waals surface area contributed by atoms with E-state index in [0.29, 0.717) is 37.1 Å². The molecule has 0 spiro atoms. The lowest BCUT2D eigenvalue weighted by Gasteiger charge is -2.05. The minimum absolute atomic E-state index is 0.0111. The molecule has 5 nitrogen and oxygen atoms in total. The molecule has 1 aromatic heterocycles. The first kappa shape index (κ1) is 15.7. The van der Waals surface area contributed by atoms with Gasteiger partial charge in [-0.25, -0.2) is 4.79 Å². The van der Waals surface area contributed by atoms with Crippen LogP contribution in [0.2, 0.25) is 0 Å². The van der Waals surface area contributed by atoms with E-state index >= 15 is 0 Å². The number of carbonyl (C=O) groups is 1. The fourth-order valence-corrected chi connectivity index (χ4v) is 2.25. The summed E-state index contributed by atoms with van der Waals surface area (Å²) in [5.41, 5.74) is -0.166. The van der Waals surface area contributed by atoms with Crippen molar-refractivity contribution < 1.29 is 13.9 Å². The fraction of sp³-hybridized carbons (Fsp3) is 0.333. The Labute approximate surface area is 130 Å². The molecule has 0 atom stereocenters. The van der Waals surface area contributed by atoms with E-state index in [1.54, 1.807) is 24.3 Å². The van der Waals surface area contributed by atoms with Crippen molar-refractivity contribution in [3.8, 4) is 0 Å². The second kappa shape index (κ2) is 7.38. The second-order valence-electron chi connectivity index (χ2n) is 4.44. The second-order valence-corrected chi connectivity index (χ2v) is 5.35. The number of benzene rings is 1. The number of ether oxygens (including phenoxy) is 1. The number of nitrogens with one attached hydrogen (secondary N) is 1. The number of fused-ring (bicyclic) bond motifs is 1. The molecular weight excluding hydrogens is 338 g/mol. The molecule has 0 aliphatic heterocycles. The molecule has 0 bridgehead atoms. The van der Waals surface area contributed by atoms with Gasteiger partial charge in [-0.2, -0.15) is 0 Å². The molecule has 0 radical (unpaired) electrons. The SMILES string of the molecule is CCOCCCNC(=O)c1cc2cc(Br)ccc2oc1=O. The maximum atomic E-state index is 12.0. The molecule has 2 rings (SSSR count). The first-order valence-corrected chi connectivity index (χ1v) is 7.50. The third-order valence-electron chi connectivity index (χ3n) is 2.89. The normalized spacial score (nSPS) is 10.8. The summed E-state index contributed by atoms with van der Waals surface area (Å²) in [5, 5.41) is 3.38. The van der Waals surface area contributed by atoms with Gasteiger partial charge < -0.3 is 14.5 Å². The van der Waals surface area contributed by atoms with Gasteiger partial charge in [0.15, 0.2) is 0 Å². The monoisotopic (exact) mass is 353 g/mol. The van der Waals surface area contributed by atoms with Crippen LogP contribution in [0.5, 0.6) is 0 Å². The molecular formula is C15H16BrNO4. The van der Waals surface area contributed by atoms with Crippen molar-refractivity contribution >= 4 is 32.8 Å². The predicted molar refractivity (Wildman–Crippen MR) is 83.6 cm³/mol. The zero-order valence-corrected chi connectivity index (χ0v) is 13.2. The van der Waals surface area contributed by atoms with E-state index < -0.39 is 11.5 Å². The summed E-state index contributed by atoms with van der Waals surface area (Å²) < 4.78 is 11.2. The Kier molecular flexibility index (Phi) is 5.52. The van der Waals surface area contributed by atoms with E-state index in [1.807, 2.05) is 6.92 Å². The molecule has 21 heavy (non-hydrogen) atoms. The molecule has 2 aromatic rings. The summed E-state index contributed by atoms with van der Waals surface area (Å²) in [6.45, 7) is 3.60. The molecule has 1 amide bonds. The van der Waals surface area contributed by atoms with Crippen molar-refractivity contribution in [1.82, 2.24) is 5.32 Å². The quantitative estimate of drug-likeness (QED) is 0.640. The Morgan fingerprint density at radius 1 is 1.38 bits per heavy atom. The third kappa shape index (κ3) is 4.15. The van der Waals surface area contributed by atoms with Crippen molar-refractivity contribution in [2.24, 2.45) is 0 Å². The van der Waals surface area contributed by atoms with Crippen molar-refractivity contribution in [3.63, 3.8) is 0 Å². The van der Waals surface area contributed by atoms with Gasteiger partial charge in [-0.05, 0) is 37.6 Å². The van der Waals surface area contributed by atoms with Gasteiger partial charge in [-0.15, -0.1) is 0 Å². The molecule has 0 aliphatic rings. The zero-order valence-electron chi connectivity index (χ0n) is 11.6. The third-order valence-corrected chi connectivity index (χ3v) is 3.39. The maximum Gasteiger partial charge on any atom is 0.349 e. The summed E-state index contributed by atoms with van der Waals surface area (Å²) >= 11 is 3.34. The summed E-state index contributed by atoms with van der Waals surface area (Å²) in [6.07, 6.45) is 0.698. The van der Waals surface area contributed by atoms with Crippen LogP contribution < -0.4 is 10.9 Å². The van der Waals surface area contributed by atoms with Crippen molar-refractivity contribution in [2.75, 3.05) is 19.8 Å². The summed E-state index contributed by atoms with van der Waals surface area (Å²) in [7, 11) is 0. The van der Waals surface area contributed by atoms with Crippen LogP contribution in [0.3, 0.4) is 0 Å². The van der Waals surface area contributed by atoms with Crippen LogP contribution in [-0.4, -0.2) is 25.7 Å². The molecule has 0 aliphatic carbocycles. The average molecular weight is 354 g/mol. The van der Waals surface area contributed by atoms with Crippen LogP contribution in [0.25, 0.3) is 11.0 Å². The molecule has 1 aromatic carbocycles. The van der Waals surface area contributed by atoms with Crippen molar-refractivity contribution in [3.05, 3.63) is 44.7 Å². The van der Waals surface area contributed by atoms with Crippen LogP contribution in [0.15, 0.2) is 37.9 Å². The highest BCUT2D eigenvalue weighted by atomic mass is 79.9. The first-order chi connectivity index (χ1) is 10.1. The lowest BCUT2D eigenvalue weighted by atomic mass is 10.2. The van der Waals surface area contributed by atoms with Gasteiger partial charge in [0.05, 0.1) is 0 Å². The molecule has 112 valence electrons. The summed E-state index contributed by atoms with van der Waals surface area (Å²) in [4.78, 5) is 23.8. The summed E-state index contributed by atoms with van der Waals surface area (Å²) in [6, 6.07) is 6.80. The van der Waals surface area contributed by atoms with Gasteiger partial charge in [-0.3, -0.25) is 4.79 Å². The van der Waals surface area contributed by atoms with Crippen LogP contribution >= 0.6 is 15.9 Å². The maximum absolute atomic E-state index is 12.0. The number of halogens is 1. The highest BCUT2D eigenvalue weighted by Gasteiger charge is 2.13. The Hall–Kier alpha value is -1.66. The number of carbonyl (C=O) groups excluding carboxylic acids is 1. The van der Waals surface area contributed by atoms with Crippen LogP contribution in [0.4, 0.5) is 0 Å². The van der Waals surface area contributed by atoms with Crippen molar-refractivity contribution in [2.45, 2.75) is 13.3 Å². The van der Waals surface area contributed by atoms with E-state index in [-0.39, 0.29) is 5.56 Å². The number of amides is 1. The fourth-order valence-electron chi connectivity index (χ4n) is 1.87. The highest BCUT2D eigenvalue weighted by Crippen LogP contribution is 2.19. The molecule has 0 fully saturated rings. The lowest BCUT2D eigenvalue weighted by Crippen LogP contribution is -2.29.